The van der Waals surface area contributed by atoms with Crippen molar-refractivity contribution in [3.8, 4) is 11.3 Å². The Balaban J connectivity index is 1.47. The lowest BCUT2D eigenvalue weighted by Gasteiger charge is -2.31. The number of piperidine rings is 1. The standard InChI is InChI=1S/C27H31N3O4S2/c1-16-15-17(2)19(4)25(18(16)3)36(33,34)30-13-11-22(12-14-30)26(32)29-27-28-23(24(35-27)20(5)31)21-9-7-6-8-10-21/h6-10,15,22H,11-14H2,1-5H3,(H,28,29,32). The lowest BCUT2D eigenvalue weighted by Crippen LogP contribution is -2.41. The first-order valence-corrected chi connectivity index (χ1v) is 14.2. The predicted molar refractivity (Wildman–Crippen MR) is 143 cm³/mol. The summed E-state index contributed by atoms with van der Waals surface area (Å²) >= 11 is 1.16. The van der Waals surface area contributed by atoms with Crippen LogP contribution in [0.1, 0.15) is 51.7 Å². The molecule has 0 bridgehead atoms. The van der Waals surface area contributed by atoms with Crippen molar-refractivity contribution in [2.24, 2.45) is 5.92 Å². The number of rotatable bonds is 6. The van der Waals surface area contributed by atoms with E-state index >= 15 is 0 Å². The molecule has 9 heteroatoms. The van der Waals surface area contributed by atoms with E-state index in [2.05, 4.69) is 10.3 Å². The van der Waals surface area contributed by atoms with Crippen LogP contribution < -0.4 is 5.32 Å². The van der Waals surface area contributed by atoms with Crippen molar-refractivity contribution < 1.29 is 18.0 Å². The zero-order valence-corrected chi connectivity index (χ0v) is 22.8. The molecule has 0 unspecified atom stereocenters. The van der Waals surface area contributed by atoms with E-state index in [1.807, 2.05) is 64.1 Å². The number of aryl methyl sites for hydroxylation is 2. The van der Waals surface area contributed by atoms with Gasteiger partial charge in [-0.25, -0.2) is 13.4 Å². The molecule has 1 amide bonds. The summed E-state index contributed by atoms with van der Waals surface area (Å²) in [4.78, 5) is 30.6. The Morgan fingerprint density at radius 3 is 2.14 bits per heavy atom. The first-order chi connectivity index (χ1) is 17.0. The van der Waals surface area contributed by atoms with Crippen molar-refractivity contribution in [1.29, 1.82) is 0 Å². The highest BCUT2D eigenvalue weighted by Crippen LogP contribution is 2.34. The molecule has 2 aromatic carbocycles. The third kappa shape index (κ3) is 5.00. The Morgan fingerprint density at radius 1 is 1.00 bits per heavy atom. The monoisotopic (exact) mass is 525 g/mol. The molecule has 1 N–H and O–H groups in total. The maximum Gasteiger partial charge on any atom is 0.243 e. The van der Waals surface area contributed by atoms with Crippen LogP contribution in [0.4, 0.5) is 5.13 Å². The fraction of sp³-hybridized carbons (Fsp3) is 0.370. The third-order valence-electron chi connectivity index (χ3n) is 6.94. The first-order valence-electron chi connectivity index (χ1n) is 12.0. The number of thiazole rings is 1. The Labute approximate surface area is 216 Å². The summed E-state index contributed by atoms with van der Waals surface area (Å²) in [7, 11) is -3.66. The Bertz CT molecular complexity index is 1390. The average Bonchev–Trinajstić information content (AvgIpc) is 3.27. The van der Waals surface area contributed by atoms with Gasteiger partial charge >= 0.3 is 0 Å². The van der Waals surface area contributed by atoms with Crippen LogP contribution in [-0.2, 0) is 14.8 Å². The van der Waals surface area contributed by atoms with Crippen LogP contribution in [0, 0.1) is 33.6 Å². The number of sulfonamides is 1. The van der Waals surface area contributed by atoms with Gasteiger partial charge in [0, 0.05) is 31.5 Å². The fourth-order valence-electron chi connectivity index (χ4n) is 4.67. The smallest absolute Gasteiger partial charge is 0.243 e. The molecule has 4 rings (SSSR count). The number of anilines is 1. The summed E-state index contributed by atoms with van der Waals surface area (Å²) in [6.07, 6.45) is 0.842. The number of ketones is 1. The molecule has 0 radical (unpaired) electrons. The number of amides is 1. The highest BCUT2D eigenvalue weighted by Gasteiger charge is 2.34. The first kappa shape index (κ1) is 26.2. The molecule has 36 heavy (non-hydrogen) atoms. The van der Waals surface area contributed by atoms with E-state index in [-0.39, 0.29) is 30.7 Å². The number of carbonyl (C=O) groups is 2. The van der Waals surface area contributed by atoms with Crippen LogP contribution in [0.25, 0.3) is 11.3 Å². The fourth-order valence-corrected chi connectivity index (χ4v) is 7.60. The quantitative estimate of drug-likeness (QED) is 0.442. The van der Waals surface area contributed by atoms with Crippen LogP contribution in [0.3, 0.4) is 0 Å². The van der Waals surface area contributed by atoms with Crippen molar-refractivity contribution in [3.05, 3.63) is 63.5 Å². The Kier molecular flexibility index (Phi) is 7.45. The molecule has 0 aliphatic carbocycles. The third-order valence-corrected chi connectivity index (χ3v) is 10.2. The number of nitrogens with zero attached hydrogens (tertiary/aromatic N) is 2. The molecule has 1 fully saturated rings. The molecular weight excluding hydrogens is 494 g/mol. The van der Waals surface area contributed by atoms with Crippen molar-refractivity contribution in [2.45, 2.75) is 52.4 Å². The lowest BCUT2D eigenvalue weighted by molar-refractivity contribution is -0.120. The summed E-state index contributed by atoms with van der Waals surface area (Å²) in [5.41, 5.74) is 4.83. The molecule has 0 atom stereocenters. The second-order valence-corrected chi connectivity index (χ2v) is 12.2. The van der Waals surface area contributed by atoms with Gasteiger partial charge in [0.25, 0.3) is 0 Å². The summed E-state index contributed by atoms with van der Waals surface area (Å²) in [6, 6.07) is 11.4. The summed E-state index contributed by atoms with van der Waals surface area (Å²) in [5, 5.41) is 3.24. The second-order valence-electron chi connectivity index (χ2n) is 9.38. The van der Waals surface area contributed by atoms with Gasteiger partial charge in [-0.15, -0.1) is 0 Å². The van der Waals surface area contributed by atoms with Gasteiger partial charge in [-0.2, -0.15) is 4.31 Å². The molecular formula is C27H31N3O4S2. The normalized spacial score (nSPS) is 15.1. The van der Waals surface area contributed by atoms with Crippen molar-refractivity contribution in [1.82, 2.24) is 9.29 Å². The van der Waals surface area contributed by atoms with E-state index in [4.69, 9.17) is 0 Å². The molecule has 0 saturated carbocycles. The average molecular weight is 526 g/mol. The van der Waals surface area contributed by atoms with Crippen LogP contribution in [0.15, 0.2) is 41.3 Å². The van der Waals surface area contributed by atoms with Gasteiger partial charge in [0.15, 0.2) is 10.9 Å². The number of Topliss-reactive ketones (excluding diaryl/α,β-unsaturated/α-hetero) is 1. The lowest BCUT2D eigenvalue weighted by atomic mass is 9.97. The van der Waals surface area contributed by atoms with Gasteiger partial charge in [0.1, 0.15) is 0 Å². The molecule has 1 saturated heterocycles. The molecule has 1 aliphatic rings. The molecule has 7 nitrogen and oxygen atoms in total. The van der Waals surface area contributed by atoms with Crippen LogP contribution in [0.5, 0.6) is 0 Å². The minimum atomic E-state index is -3.66. The maximum absolute atomic E-state index is 13.5. The van der Waals surface area contributed by atoms with Gasteiger partial charge in [0.05, 0.1) is 15.5 Å². The highest BCUT2D eigenvalue weighted by molar-refractivity contribution is 7.89. The van der Waals surface area contributed by atoms with E-state index in [1.165, 1.54) is 11.2 Å². The largest absolute Gasteiger partial charge is 0.302 e. The predicted octanol–water partition coefficient (Wildman–Crippen LogP) is 5.29. The highest BCUT2D eigenvalue weighted by atomic mass is 32.2. The van der Waals surface area contributed by atoms with Gasteiger partial charge in [0.2, 0.25) is 15.9 Å². The van der Waals surface area contributed by atoms with Crippen LogP contribution in [-0.4, -0.2) is 42.5 Å². The minimum Gasteiger partial charge on any atom is -0.302 e. The Hall–Kier alpha value is -2.88. The number of nitrogens with one attached hydrogen (secondary N) is 1. The van der Waals surface area contributed by atoms with Crippen molar-refractivity contribution >= 4 is 38.2 Å². The van der Waals surface area contributed by atoms with E-state index < -0.39 is 10.0 Å². The van der Waals surface area contributed by atoms with Gasteiger partial charge in [-0.05, 0) is 62.8 Å². The molecule has 3 aromatic rings. The van der Waals surface area contributed by atoms with E-state index in [0.29, 0.717) is 33.4 Å². The van der Waals surface area contributed by atoms with Crippen LogP contribution in [0.2, 0.25) is 0 Å². The molecule has 0 spiro atoms. The molecule has 1 aliphatic heterocycles. The number of carbonyl (C=O) groups excluding carboxylic acids is 2. The van der Waals surface area contributed by atoms with Gasteiger partial charge < -0.3 is 5.32 Å². The minimum absolute atomic E-state index is 0.109. The second kappa shape index (κ2) is 10.2. The summed E-state index contributed by atoms with van der Waals surface area (Å²) in [6.45, 7) is 9.59. The summed E-state index contributed by atoms with van der Waals surface area (Å²) < 4.78 is 28.5. The molecule has 2 heterocycles. The van der Waals surface area contributed by atoms with Gasteiger partial charge in [-0.3, -0.25) is 9.59 Å². The van der Waals surface area contributed by atoms with E-state index in [1.54, 1.807) is 0 Å². The number of hydrogen-bond donors (Lipinski definition) is 1. The number of benzene rings is 2. The number of hydrogen-bond acceptors (Lipinski definition) is 6. The SMILES string of the molecule is CC(=O)c1sc(NC(=O)C2CCN(S(=O)(=O)c3c(C)c(C)cc(C)c3C)CC2)nc1-c1ccccc1. The molecule has 1 aromatic heterocycles. The van der Waals surface area contributed by atoms with Crippen molar-refractivity contribution in [3.63, 3.8) is 0 Å². The summed E-state index contributed by atoms with van der Waals surface area (Å²) in [5.74, 6) is -0.639. The van der Waals surface area contributed by atoms with E-state index in [0.717, 1.165) is 39.2 Å². The van der Waals surface area contributed by atoms with Crippen molar-refractivity contribution in [2.75, 3.05) is 18.4 Å². The Morgan fingerprint density at radius 2 is 1.58 bits per heavy atom. The van der Waals surface area contributed by atoms with E-state index in [9.17, 15) is 18.0 Å². The number of aromatic nitrogens is 1. The van der Waals surface area contributed by atoms with Crippen LogP contribution >= 0.6 is 11.3 Å². The topological polar surface area (TPSA) is 96.4 Å². The zero-order chi connectivity index (χ0) is 26.2. The molecule has 190 valence electrons. The zero-order valence-electron chi connectivity index (χ0n) is 21.2. The van der Waals surface area contributed by atoms with Gasteiger partial charge in [-0.1, -0.05) is 47.7 Å². The maximum atomic E-state index is 13.5.